The van der Waals surface area contributed by atoms with Crippen LogP contribution in [0.15, 0.2) is 40.8 Å². The summed E-state index contributed by atoms with van der Waals surface area (Å²) in [4.78, 5) is 11.6. The summed E-state index contributed by atoms with van der Waals surface area (Å²) in [6.45, 7) is 0.0925. The Morgan fingerprint density at radius 1 is 1.15 bits per heavy atom. The smallest absolute Gasteiger partial charge is 0.416 e. The first kappa shape index (κ1) is 14.5. The Morgan fingerprint density at radius 3 is 2.30 bits per heavy atom. The number of carbonyl (C=O) groups is 1. The maximum atomic E-state index is 12.4. The SMILES string of the molecule is O=C(NCc1ccc(C(F)(F)F)cc1)c1ccc(Cl)o1. The molecule has 1 amide bonds. The molecule has 20 heavy (non-hydrogen) atoms. The summed E-state index contributed by atoms with van der Waals surface area (Å²) in [5, 5.41) is 2.60. The topological polar surface area (TPSA) is 42.2 Å². The number of carbonyl (C=O) groups excluding carboxylic acids is 1. The van der Waals surface area contributed by atoms with Gasteiger partial charge >= 0.3 is 6.18 Å². The van der Waals surface area contributed by atoms with E-state index < -0.39 is 17.6 Å². The third-order valence-corrected chi connectivity index (χ3v) is 2.73. The van der Waals surface area contributed by atoms with E-state index in [9.17, 15) is 18.0 Å². The fraction of sp³-hybridized carbons (Fsp3) is 0.154. The average Bonchev–Trinajstić information content (AvgIpc) is 2.82. The van der Waals surface area contributed by atoms with Gasteiger partial charge < -0.3 is 9.73 Å². The predicted molar refractivity (Wildman–Crippen MR) is 66.3 cm³/mol. The van der Waals surface area contributed by atoms with E-state index in [1.807, 2.05) is 0 Å². The molecule has 106 valence electrons. The van der Waals surface area contributed by atoms with E-state index >= 15 is 0 Å². The lowest BCUT2D eigenvalue weighted by molar-refractivity contribution is -0.137. The Balaban J connectivity index is 1.96. The molecule has 1 N–H and O–H groups in total. The van der Waals surface area contributed by atoms with Crippen LogP contribution in [0.2, 0.25) is 5.22 Å². The molecule has 0 saturated carbocycles. The Labute approximate surface area is 117 Å². The number of nitrogens with one attached hydrogen (secondary N) is 1. The molecule has 2 aromatic rings. The summed E-state index contributed by atoms with van der Waals surface area (Å²) < 4.78 is 42.0. The molecule has 3 nitrogen and oxygen atoms in total. The number of rotatable bonds is 3. The number of benzene rings is 1. The van der Waals surface area contributed by atoms with Gasteiger partial charge in [-0.2, -0.15) is 13.2 Å². The van der Waals surface area contributed by atoms with E-state index in [2.05, 4.69) is 5.32 Å². The molecule has 0 spiro atoms. The first-order valence-electron chi connectivity index (χ1n) is 5.56. The van der Waals surface area contributed by atoms with Crippen molar-refractivity contribution in [1.82, 2.24) is 5.32 Å². The summed E-state index contributed by atoms with van der Waals surface area (Å²) in [5.74, 6) is -0.446. The number of hydrogen-bond acceptors (Lipinski definition) is 2. The van der Waals surface area contributed by atoms with Crippen LogP contribution in [0.4, 0.5) is 13.2 Å². The molecule has 1 aromatic carbocycles. The quantitative estimate of drug-likeness (QED) is 0.935. The zero-order valence-electron chi connectivity index (χ0n) is 10.00. The number of amides is 1. The van der Waals surface area contributed by atoms with E-state index in [-0.39, 0.29) is 17.5 Å². The van der Waals surface area contributed by atoms with Crippen molar-refractivity contribution in [3.05, 3.63) is 58.5 Å². The largest absolute Gasteiger partial charge is 0.440 e. The van der Waals surface area contributed by atoms with E-state index in [0.29, 0.717) is 5.56 Å². The minimum atomic E-state index is -4.37. The molecule has 0 bridgehead atoms. The highest BCUT2D eigenvalue weighted by Crippen LogP contribution is 2.29. The van der Waals surface area contributed by atoms with Gasteiger partial charge in [-0.05, 0) is 41.4 Å². The molecule has 7 heteroatoms. The summed E-state index contributed by atoms with van der Waals surface area (Å²) in [6.07, 6.45) is -4.37. The first-order valence-corrected chi connectivity index (χ1v) is 5.94. The lowest BCUT2D eigenvalue weighted by atomic mass is 10.1. The van der Waals surface area contributed by atoms with Gasteiger partial charge in [0, 0.05) is 6.54 Å². The Morgan fingerprint density at radius 2 is 1.80 bits per heavy atom. The van der Waals surface area contributed by atoms with Crippen LogP contribution < -0.4 is 5.32 Å². The van der Waals surface area contributed by atoms with Gasteiger partial charge in [0.05, 0.1) is 5.56 Å². The summed E-state index contributed by atoms with van der Waals surface area (Å²) in [6, 6.07) is 7.37. The molecule has 0 saturated heterocycles. The van der Waals surface area contributed by atoms with Gasteiger partial charge in [-0.3, -0.25) is 4.79 Å². The highest BCUT2D eigenvalue weighted by Gasteiger charge is 2.29. The van der Waals surface area contributed by atoms with Crippen LogP contribution in [0, 0.1) is 0 Å². The normalized spacial score (nSPS) is 11.4. The van der Waals surface area contributed by atoms with Crippen LogP contribution in [0.25, 0.3) is 0 Å². The van der Waals surface area contributed by atoms with Crippen molar-refractivity contribution >= 4 is 17.5 Å². The van der Waals surface area contributed by atoms with Crippen molar-refractivity contribution in [3.63, 3.8) is 0 Å². The van der Waals surface area contributed by atoms with Crippen LogP contribution in [0.5, 0.6) is 0 Å². The zero-order valence-corrected chi connectivity index (χ0v) is 10.8. The minimum absolute atomic E-state index is 0.0434. The van der Waals surface area contributed by atoms with E-state index in [0.717, 1.165) is 12.1 Å². The van der Waals surface area contributed by atoms with Crippen molar-refractivity contribution in [1.29, 1.82) is 0 Å². The molecule has 0 radical (unpaired) electrons. The molecule has 0 atom stereocenters. The Hall–Kier alpha value is -1.95. The van der Waals surface area contributed by atoms with Crippen molar-refractivity contribution < 1.29 is 22.4 Å². The summed E-state index contributed by atoms with van der Waals surface area (Å²) >= 11 is 5.53. The van der Waals surface area contributed by atoms with Gasteiger partial charge in [-0.25, -0.2) is 0 Å². The number of halogens is 4. The molecule has 0 unspecified atom stereocenters. The molecular weight excluding hydrogens is 295 g/mol. The third kappa shape index (κ3) is 3.54. The van der Waals surface area contributed by atoms with Crippen LogP contribution in [0.1, 0.15) is 21.7 Å². The molecule has 0 aliphatic carbocycles. The highest BCUT2D eigenvalue weighted by molar-refractivity contribution is 6.29. The molecule has 1 heterocycles. The lowest BCUT2D eigenvalue weighted by Gasteiger charge is -2.08. The van der Waals surface area contributed by atoms with E-state index in [1.54, 1.807) is 0 Å². The first-order chi connectivity index (χ1) is 9.36. The van der Waals surface area contributed by atoms with Gasteiger partial charge in [0.25, 0.3) is 5.91 Å². The molecule has 0 aliphatic rings. The maximum Gasteiger partial charge on any atom is 0.416 e. The van der Waals surface area contributed by atoms with Crippen LogP contribution >= 0.6 is 11.6 Å². The van der Waals surface area contributed by atoms with E-state index in [1.165, 1.54) is 24.3 Å². The zero-order chi connectivity index (χ0) is 14.8. The fourth-order valence-electron chi connectivity index (χ4n) is 1.52. The van der Waals surface area contributed by atoms with Gasteiger partial charge in [0.1, 0.15) is 0 Å². The highest BCUT2D eigenvalue weighted by atomic mass is 35.5. The second-order valence-corrected chi connectivity index (χ2v) is 4.35. The van der Waals surface area contributed by atoms with Gasteiger partial charge in [0.15, 0.2) is 11.0 Å². The van der Waals surface area contributed by atoms with E-state index in [4.69, 9.17) is 16.0 Å². The number of furan rings is 1. The summed E-state index contributed by atoms with van der Waals surface area (Å²) in [5.41, 5.74) is -0.186. The maximum absolute atomic E-state index is 12.4. The van der Waals surface area contributed by atoms with Crippen LogP contribution in [-0.4, -0.2) is 5.91 Å². The second kappa shape index (κ2) is 5.58. The number of alkyl halides is 3. The Kier molecular flexibility index (Phi) is 4.04. The van der Waals surface area contributed by atoms with Crippen LogP contribution in [-0.2, 0) is 12.7 Å². The molecular formula is C13H9ClF3NO2. The van der Waals surface area contributed by atoms with Crippen molar-refractivity contribution in [2.24, 2.45) is 0 Å². The monoisotopic (exact) mass is 303 g/mol. The molecule has 0 aliphatic heterocycles. The molecule has 2 rings (SSSR count). The van der Waals surface area contributed by atoms with Gasteiger partial charge in [-0.1, -0.05) is 12.1 Å². The van der Waals surface area contributed by atoms with Gasteiger partial charge in [0.2, 0.25) is 0 Å². The number of hydrogen-bond donors (Lipinski definition) is 1. The predicted octanol–water partition coefficient (Wildman–Crippen LogP) is 3.88. The van der Waals surface area contributed by atoms with Crippen molar-refractivity contribution in [2.75, 3.05) is 0 Å². The molecule has 0 fully saturated rings. The van der Waals surface area contributed by atoms with Gasteiger partial charge in [-0.15, -0.1) is 0 Å². The Bertz CT molecular complexity index is 605. The lowest BCUT2D eigenvalue weighted by Crippen LogP contribution is -2.22. The molecule has 1 aromatic heterocycles. The fourth-order valence-corrected chi connectivity index (χ4v) is 1.66. The minimum Gasteiger partial charge on any atom is -0.440 e. The summed E-state index contributed by atoms with van der Waals surface area (Å²) in [7, 11) is 0. The third-order valence-electron chi connectivity index (χ3n) is 2.53. The standard InChI is InChI=1S/C13H9ClF3NO2/c14-11-6-5-10(20-11)12(19)18-7-8-1-3-9(4-2-8)13(15,16)17/h1-6H,7H2,(H,18,19). The van der Waals surface area contributed by atoms with Crippen molar-refractivity contribution in [2.45, 2.75) is 12.7 Å². The van der Waals surface area contributed by atoms with Crippen molar-refractivity contribution in [3.8, 4) is 0 Å². The second-order valence-electron chi connectivity index (χ2n) is 3.98. The average molecular weight is 304 g/mol. The van der Waals surface area contributed by atoms with Crippen LogP contribution in [0.3, 0.4) is 0 Å².